The molecule has 1 heterocycles. The van der Waals surface area contributed by atoms with Gasteiger partial charge < -0.3 is 24.8 Å². The fourth-order valence-electron chi connectivity index (χ4n) is 1.08. The zero-order valence-corrected chi connectivity index (χ0v) is 6.75. The molecule has 0 spiro atoms. The van der Waals surface area contributed by atoms with Gasteiger partial charge in [-0.3, -0.25) is 0 Å². The van der Waals surface area contributed by atoms with Crippen LogP contribution in [0, 0.1) is 0 Å². The second-order valence-electron chi connectivity index (χ2n) is 2.63. The van der Waals surface area contributed by atoms with Gasteiger partial charge in [-0.1, -0.05) is 0 Å². The van der Waals surface area contributed by atoms with Gasteiger partial charge in [-0.05, 0) is 0 Å². The Balaban J connectivity index is 2.66. The summed E-state index contributed by atoms with van der Waals surface area (Å²) in [6, 6.07) is 0. The summed E-state index contributed by atoms with van der Waals surface area (Å²) in [5.74, 6) is 0. The Morgan fingerprint density at radius 3 is 2.83 bits per heavy atom. The van der Waals surface area contributed by atoms with Crippen LogP contribution >= 0.6 is 0 Å². The number of aliphatic hydroxyl groups excluding tert-OH is 3. The van der Waals surface area contributed by atoms with E-state index in [1.165, 1.54) is 7.11 Å². The second kappa shape index (κ2) is 4.15. The highest BCUT2D eigenvalue weighted by Gasteiger charge is 2.36. The van der Waals surface area contributed by atoms with Gasteiger partial charge in [-0.25, -0.2) is 0 Å². The first-order chi connectivity index (χ1) is 6.11. The van der Waals surface area contributed by atoms with Gasteiger partial charge in [0.05, 0.1) is 12.7 Å². The summed E-state index contributed by atoms with van der Waals surface area (Å²) in [6.07, 6.45) is -5.34. The topological polar surface area (TPSA) is 79.2 Å². The molecule has 0 aromatic rings. The zero-order valence-electron chi connectivity index (χ0n) is 7.75. The molecule has 1 fully saturated rings. The van der Waals surface area contributed by atoms with Crippen LogP contribution in [-0.2, 0) is 9.47 Å². The summed E-state index contributed by atoms with van der Waals surface area (Å²) >= 11 is 0. The Hall–Kier alpha value is -0.200. The predicted molar refractivity (Wildman–Crippen MR) is 39.4 cm³/mol. The van der Waals surface area contributed by atoms with E-state index < -0.39 is 37.6 Å². The van der Waals surface area contributed by atoms with Gasteiger partial charge in [-0.15, -0.1) is 0 Å². The van der Waals surface area contributed by atoms with E-state index in [-0.39, 0.29) is 0 Å². The van der Waals surface area contributed by atoms with Crippen LogP contribution in [-0.4, -0.2) is 53.6 Å². The Morgan fingerprint density at radius 1 is 1.67 bits per heavy atom. The number of hydrogen-bond acceptors (Lipinski definition) is 5. The number of aliphatic hydroxyl groups is 3. The summed E-state index contributed by atoms with van der Waals surface area (Å²) in [5, 5.41) is 27.4. The highest BCUT2D eigenvalue weighted by molar-refractivity contribution is 4.81. The number of methoxy groups -OCH3 is 1. The third kappa shape index (κ3) is 1.94. The number of hydrogen-bond donors (Lipinski definition) is 3. The quantitative estimate of drug-likeness (QED) is 0.479. The van der Waals surface area contributed by atoms with E-state index in [9.17, 15) is 10.2 Å². The van der Waals surface area contributed by atoms with Gasteiger partial charge in [0.1, 0.15) is 12.2 Å². The van der Waals surface area contributed by atoms with E-state index in [0.717, 1.165) is 0 Å². The molecular formula is C7H14O5. The Kier molecular flexibility index (Phi) is 2.91. The molecule has 0 saturated carbocycles. The lowest BCUT2D eigenvalue weighted by molar-refractivity contribution is -0.248. The van der Waals surface area contributed by atoms with Gasteiger partial charge in [0, 0.05) is 14.9 Å². The van der Waals surface area contributed by atoms with E-state index in [1.54, 1.807) is 0 Å². The van der Waals surface area contributed by atoms with Crippen molar-refractivity contribution in [2.24, 2.45) is 0 Å². The smallest absolute Gasteiger partial charge is 0.160 e. The minimum Gasteiger partial charge on any atom is -0.394 e. The molecule has 0 bridgehead atoms. The van der Waals surface area contributed by atoms with Crippen LogP contribution in [0.3, 0.4) is 0 Å². The van der Waals surface area contributed by atoms with E-state index in [2.05, 4.69) is 0 Å². The van der Waals surface area contributed by atoms with Crippen molar-refractivity contribution in [2.75, 3.05) is 13.7 Å². The van der Waals surface area contributed by atoms with Crippen LogP contribution in [0.15, 0.2) is 0 Å². The largest absolute Gasteiger partial charge is 0.394 e. The maximum absolute atomic E-state index is 9.34. The van der Waals surface area contributed by atoms with Gasteiger partial charge >= 0.3 is 0 Å². The van der Waals surface area contributed by atoms with Crippen LogP contribution in [0.4, 0.5) is 0 Å². The van der Waals surface area contributed by atoms with Gasteiger partial charge in [0.2, 0.25) is 0 Å². The van der Waals surface area contributed by atoms with Crippen molar-refractivity contribution in [1.82, 2.24) is 0 Å². The Morgan fingerprint density at radius 2 is 2.33 bits per heavy atom. The third-order valence-electron chi connectivity index (χ3n) is 1.81. The molecule has 12 heavy (non-hydrogen) atoms. The monoisotopic (exact) mass is 179 g/mol. The van der Waals surface area contributed by atoms with Crippen molar-refractivity contribution in [2.45, 2.75) is 31.0 Å². The molecule has 0 amide bonds. The third-order valence-corrected chi connectivity index (χ3v) is 1.81. The van der Waals surface area contributed by atoms with E-state index in [0.29, 0.717) is 0 Å². The van der Waals surface area contributed by atoms with Crippen molar-refractivity contribution >= 4 is 0 Å². The molecule has 0 aromatic carbocycles. The number of rotatable bonds is 2. The maximum Gasteiger partial charge on any atom is 0.160 e. The average molecular weight is 179 g/mol. The first kappa shape index (κ1) is 8.40. The standard InChI is InChI=1S/C7H14O5/c1-11-6-2-4(9)7(10)5(3-8)12-6/h4-10H,2-3H2,1H3/t4-,5?,6?,7+/m1/s1/i2D/t2?,4-,5?,6?,7+. The Labute approximate surface area is 71.9 Å². The van der Waals surface area contributed by atoms with Gasteiger partial charge in [-0.2, -0.15) is 0 Å². The lowest BCUT2D eigenvalue weighted by Crippen LogP contribution is -2.50. The van der Waals surface area contributed by atoms with Crippen molar-refractivity contribution in [3.63, 3.8) is 0 Å². The van der Waals surface area contributed by atoms with Crippen LogP contribution in [0.5, 0.6) is 0 Å². The minimum absolute atomic E-state index is 0.412. The summed E-state index contributed by atoms with van der Waals surface area (Å²) < 4.78 is 17.2. The fraction of sp³-hybridized carbons (Fsp3) is 1.00. The van der Waals surface area contributed by atoms with Crippen molar-refractivity contribution in [3.05, 3.63) is 0 Å². The van der Waals surface area contributed by atoms with Crippen molar-refractivity contribution < 1.29 is 26.2 Å². The molecule has 0 radical (unpaired) electrons. The molecule has 1 aliphatic heterocycles. The highest BCUT2D eigenvalue weighted by Crippen LogP contribution is 2.20. The summed E-state index contributed by atoms with van der Waals surface area (Å²) in [4.78, 5) is 0. The number of ether oxygens (including phenoxy) is 2. The average Bonchev–Trinajstić information content (AvgIpc) is 2.15. The van der Waals surface area contributed by atoms with E-state index in [4.69, 9.17) is 16.0 Å². The van der Waals surface area contributed by atoms with Gasteiger partial charge in [0.15, 0.2) is 6.29 Å². The summed E-state index contributed by atoms with van der Waals surface area (Å²) in [7, 11) is 1.34. The predicted octanol–water partition coefficient (Wildman–Crippen LogP) is -1.54. The summed E-state index contributed by atoms with van der Waals surface area (Å²) in [5.41, 5.74) is 0. The molecule has 5 atom stereocenters. The molecule has 1 rings (SSSR count). The molecule has 0 aromatic heterocycles. The highest BCUT2D eigenvalue weighted by atomic mass is 16.7. The first-order valence-corrected chi connectivity index (χ1v) is 3.69. The fourth-order valence-corrected chi connectivity index (χ4v) is 1.08. The Bertz CT molecular complexity index is 147. The van der Waals surface area contributed by atoms with E-state index >= 15 is 0 Å². The molecule has 3 unspecified atom stereocenters. The SMILES string of the molecule is [2H]C1C(OC)OC(CO)[C@@H](O)[C@@H]1O. The van der Waals surface area contributed by atoms with E-state index in [1.807, 2.05) is 0 Å². The molecule has 0 aliphatic carbocycles. The normalized spacial score (nSPS) is 50.3. The molecule has 3 N–H and O–H groups in total. The molecule has 5 heteroatoms. The van der Waals surface area contributed by atoms with Crippen molar-refractivity contribution in [3.8, 4) is 0 Å². The van der Waals surface area contributed by atoms with Crippen LogP contribution in [0.2, 0.25) is 0 Å². The van der Waals surface area contributed by atoms with Crippen LogP contribution < -0.4 is 0 Å². The molecule has 1 aliphatic rings. The molecular weight excluding hydrogens is 164 g/mol. The maximum atomic E-state index is 9.34. The lowest BCUT2D eigenvalue weighted by atomic mass is 10.0. The molecule has 1 saturated heterocycles. The summed E-state index contributed by atoms with van der Waals surface area (Å²) in [6.45, 7) is -0.412. The second-order valence-corrected chi connectivity index (χ2v) is 2.63. The minimum atomic E-state index is -1.25. The first-order valence-electron chi connectivity index (χ1n) is 4.27. The van der Waals surface area contributed by atoms with Gasteiger partial charge in [0.25, 0.3) is 0 Å². The molecule has 72 valence electrons. The van der Waals surface area contributed by atoms with Crippen LogP contribution in [0.25, 0.3) is 0 Å². The van der Waals surface area contributed by atoms with Crippen LogP contribution in [0.1, 0.15) is 7.77 Å². The van der Waals surface area contributed by atoms with Crippen molar-refractivity contribution in [1.29, 1.82) is 0 Å². The zero-order chi connectivity index (χ0) is 10.0. The lowest BCUT2D eigenvalue weighted by Gasteiger charge is -2.35. The molecule has 5 nitrogen and oxygen atoms in total.